The van der Waals surface area contributed by atoms with Gasteiger partial charge >= 0.3 is 6.09 Å². The highest BCUT2D eigenvalue weighted by atomic mass is 16.6. The van der Waals surface area contributed by atoms with Crippen molar-refractivity contribution in [1.82, 2.24) is 10.2 Å². The maximum Gasteiger partial charge on any atom is 0.410 e. The van der Waals surface area contributed by atoms with Crippen LogP contribution < -0.4 is 16.8 Å². The number of nitrogens with one attached hydrogen (secondary N) is 1. The van der Waals surface area contributed by atoms with Crippen LogP contribution in [0.25, 0.3) is 0 Å². The first-order valence-corrected chi connectivity index (χ1v) is 19.7. The smallest absolute Gasteiger partial charge is 0.410 e. The summed E-state index contributed by atoms with van der Waals surface area (Å²) in [5, 5.41) is 3.48. The SMILES string of the molecule is CC(C)CCC[C@@H](C)[C@H]1CC[C@H]2[C@@H]3CC=C4C[C@@H](OC(=O)N(CCCCNCCC(C)N)CCC(C)N)CC[C@]4(C)[C@H]3CC[C@]12C. The molecule has 3 saturated carbocycles. The molecule has 0 bridgehead atoms. The van der Waals surface area contributed by atoms with E-state index in [0.717, 1.165) is 100 Å². The molecular formula is C40H74N4O2. The third kappa shape index (κ3) is 9.31. The van der Waals surface area contributed by atoms with E-state index in [-0.39, 0.29) is 29.7 Å². The van der Waals surface area contributed by atoms with Crippen LogP contribution in [0, 0.1) is 46.3 Å². The molecule has 10 atom stereocenters. The molecule has 5 N–H and O–H groups in total. The standard InChI is InChI=1S/C40H74N4O2/c1-28(2)11-10-12-29(3)35-15-16-36-34-14-13-32-27-33(17-21-39(32,6)37(34)18-22-40(35,36)7)46-38(45)44(26-20-31(5)42)25-9-8-23-43-24-19-30(4)41/h13,28-31,33-37,43H,8-12,14-27,41-42H2,1-7H3/t29-,30?,31?,33+,34+,35-,36+,37+,39+,40-/m1/s1. The van der Waals surface area contributed by atoms with Gasteiger partial charge in [-0.25, -0.2) is 4.79 Å². The molecule has 0 aromatic heterocycles. The van der Waals surface area contributed by atoms with Crippen LogP contribution in [-0.2, 0) is 4.74 Å². The molecule has 0 radical (unpaired) electrons. The molecule has 0 aromatic rings. The van der Waals surface area contributed by atoms with Crippen LogP contribution >= 0.6 is 0 Å². The van der Waals surface area contributed by atoms with E-state index in [4.69, 9.17) is 16.2 Å². The Morgan fingerprint density at radius 1 is 0.891 bits per heavy atom. The summed E-state index contributed by atoms with van der Waals surface area (Å²) in [6, 6.07) is 0.308. The first-order valence-electron chi connectivity index (χ1n) is 19.7. The molecule has 1 amide bonds. The molecule has 46 heavy (non-hydrogen) atoms. The van der Waals surface area contributed by atoms with Crippen molar-refractivity contribution in [3.8, 4) is 0 Å². The molecule has 6 heteroatoms. The number of unbranched alkanes of at least 4 members (excludes halogenated alkanes) is 1. The molecule has 2 unspecified atom stereocenters. The summed E-state index contributed by atoms with van der Waals surface area (Å²) in [7, 11) is 0. The van der Waals surface area contributed by atoms with Gasteiger partial charge in [-0.05, 0) is 144 Å². The van der Waals surface area contributed by atoms with Gasteiger partial charge in [-0.1, -0.05) is 65.5 Å². The Hall–Kier alpha value is -1.11. The van der Waals surface area contributed by atoms with Crippen LogP contribution in [0.4, 0.5) is 4.79 Å². The zero-order valence-corrected chi connectivity index (χ0v) is 31.1. The van der Waals surface area contributed by atoms with Gasteiger partial charge in [-0.15, -0.1) is 0 Å². The van der Waals surface area contributed by atoms with Crippen LogP contribution in [0.5, 0.6) is 0 Å². The zero-order valence-electron chi connectivity index (χ0n) is 31.1. The number of fused-ring (bicyclic) bond motifs is 5. The molecule has 4 rings (SSSR count). The van der Waals surface area contributed by atoms with E-state index >= 15 is 0 Å². The highest BCUT2D eigenvalue weighted by molar-refractivity contribution is 5.67. The summed E-state index contributed by atoms with van der Waals surface area (Å²) in [4.78, 5) is 15.4. The number of rotatable bonds is 17. The third-order valence-corrected chi connectivity index (χ3v) is 13.4. The Morgan fingerprint density at radius 2 is 1.65 bits per heavy atom. The Bertz CT molecular complexity index is 980. The molecular weight excluding hydrogens is 568 g/mol. The first-order chi connectivity index (χ1) is 21.8. The average molecular weight is 643 g/mol. The van der Waals surface area contributed by atoms with Gasteiger partial charge in [0, 0.05) is 31.6 Å². The summed E-state index contributed by atoms with van der Waals surface area (Å²) in [6.07, 6.45) is 20.5. The number of nitrogens with two attached hydrogens (primary N) is 2. The van der Waals surface area contributed by atoms with Crippen molar-refractivity contribution in [3.63, 3.8) is 0 Å². The quantitative estimate of drug-likeness (QED) is 0.109. The van der Waals surface area contributed by atoms with Crippen LogP contribution in [0.3, 0.4) is 0 Å². The summed E-state index contributed by atoms with van der Waals surface area (Å²) in [5.41, 5.74) is 14.3. The number of carbonyl (C=O) groups is 1. The normalized spacial score (nSPS) is 34.2. The van der Waals surface area contributed by atoms with Crippen molar-refractivity contribution in [2.45, 2.75) is 163 Å². The lowest BCUT2D eigenvalue weighted by atomic mass is 9.47. The topological polar surface area (TPSA) is 93.6 Å². The van der Waals surface area contributed by atoms with E-state index in [1.54, 1.807) is 5.57 Å². The van der Waals surface area contributed by atoms with Crippen LogP contribution in [0.2, 0.25) is 0 Å². The summed E-state index contributed by atoms with van der Waals surface area (Å²) in [6.45, 7) is 20.0. The Labute approximate surface area is 284 Å². The van der Waals surface area contributed by atoms with Gasteiger partial charge in [-0.2, -0.15) is 0 Å². The van der Waals surface area contributed by atoms with Crippen molar-refractivity contribution < 1.29 is 9.53 Å². The van der Waals surface area contributed by atoms with Crippen molar-refractivity contribution in [2.75, 3.05) is 26.2 Å². The Kier molecular flexibility index (Phi) is 13.9. The number of hydrogen-bond acceptors (Lipinski definition) is 5. The first kappa shape index (κ1) is 37.7. The lowest BCUT2D eigenvalue weighted by Crippen LogP contribution is -2.51. The molecule has 0 saturated heterocycles. The largest absolute Gasteiger partial charge is 0.446 e. The molecule has 0 spiro atoms. The summed E-state index contributed by atoms with van der Waals surface area (Å²) in [5.74, 6) is 5.09. The Morgan fingerprint density at radius 3 is 2.37 bits per heavy atom. The lowest BCUT2D eigenvalue weighted by Gasteiger charge is -2.58. The van der Waals surface area contributed by atoms with Gasteiger partial charge < -0.3 is 26.4 Å². The average Bonchev–Trinajstić information content (AvgIpc) is 3.35. The number of amides is 1. The second-order valence-electron chi connectivity index (χ2n) is 17.5. The van der Waals surface area contributed by atoms with Crippen LogP contribution in [0.15, 0.2) is 11.6 Å². The second-order valence-corrected chi connectivity index (χ2v) is 17.5. The summed E-state index contributed by atoms with van der Waals surface area (Å²) >= 11 is 0. The van der Waals surface area contributed by atoms with Gasteiger partial charge in [0.25, 0.3) is 0 Å². The van der Waals surface area contributed by atoms with E-state index in [0.29, 0.717) is 12.0 Å². The van der Waals surface area contributed by atoms with Crippen molar-refractivity contribution in [3.05, 3.63) is 11.6 Å². The molecule has 0 aliphatic heterocycles. The van der Waals surface area contributed by atoms with Gasteiger partial charge in [0.1, 0.15) is 6.10 Å². The molecule has 4 aliphatic carbocycles. The minimum Gasteiger partial charge on any atom is -0.446 e. The van der Waals surface area contributed by atoms with E-state index in [9.17, 15) is 4.79 Å². The van der Waals surface area contributed by atoms with E-state index < -0.39 is 0 Å². The van der Waals surface area contributed by atoms with Crippen LogP contribution in [0.1, 0.15) is 145 Å². The van der Waals surface area contributed by atoms with E-state index in [1.807, 2.05) is 18.7 Å². The second kappa shape index (κ2) is 17.0. The molecule has 0 heterocycles. The van der Waals surface area contributed by atoms with Gasteiger partial charge in [0.15, 0.2) is 0 Å². The van der Waals surface area contributed by atoms with Gasteiger partial charge in [0.05, 0.1) is 0 Å². The number of hydrogen-bond donors (Lipinski definition) is 3. The number of ether oxygens (including phenoxy) is 1. The van der Waals surface area contributed by atoms with E-state index in [2.05, 4.69) is 46.0 Å². The molecule has 4 aliphatic rings. The molecule has 266 valence electrons. The third-order valence-electron chi connectivity index (χ3n) is 13.4. The minimum atomic E-state index is -0.138. The van der Waals surface area contributed by atoms with Gasteiger partial charge in [-0.3, -0.25) is 0 Å². The highest BCUT2D eigenvalue weighted by Gasteiger charge is 2.59. The number of nitrogens with zero attached hydrogens (tertiary/aromatic N) is 1. The maximum atomic E-state index is 13.5. The maximum absolute atomic E-state index is 13.5. The van der Waals surface area contributed by atoms with E-state index in [1.165, 1.54) is 51.4 Å². The number of allylic oxidation sites excluding steroid dienone is 1. The Balaban J connectivity index is 1.32. The van der Waals surface area contributed by atoms with Crippen molar-refractivity contribution >= 4 is 6.09 Å². The molecule has 3 fully saturated rings. The lowest BCUT2D eigenvalue weighted by molar-refractivity contribution is -0.0593. The monoisotopic (exact) mass is 643 g/mol. The zero-order chi connectivity index (χ0) is 33.5. The summed E-state index contributed by atoms with van der Waals surface area (Å²) < 4.78 is 6.29. The van der Waals surface area contributed by atoms with Crippen LogP contribution in [-0.4, -0.2) is 55.4 Å². The van der Waals surface area contributed by atoms with Gasteiger partial charge in [0.2, 0.25) is 0 Å². The predicted octanol–water partition coefficient (Wildman–Crippen LogP) is 8.68. The molecule has 6 nitrogen and oxygen atoms in total. The number of carbonyl (C=O) groups excluding carboxylic acids is 1. The predicted molar refractivity (Wildman–Crippen MR) is 194 cm³/mol. The highest BCUT2D eigenvalue weighted by Crippen LogP contribution is 2.67. The fourth-order valence-electron chi connectivity index (χ4n) is 10.6. The fourth-order valence-corrected chi connectivity index (χ4v) is 10.6. The van der Waals surface area contributed by atoms with Crippen molar-refractivity contribution in [1.29, 1.82) is 0 Å². The molecule has 0 aromatic carbocycles. The fraction of sp³-hybridized carbons (Fsp3) is 0.925. The minimum absolute atomic E-state index is 0.00231. The van der Waals surface area contributed by atoms with Crippen molar-refractivity contribution in [2.24, 2.45) is 57.8 Å².